The quantitative estimate of drug-likeness (QED) is 0.810. The number of carbonyl (C=O) groups is 1. The Labute approximate surface area is 163 Å². The molecule has 0 bridgehead atoms. The van der Waals surface area contributed by atoms with Crippen LogP contribution in [0.25, 0.3) is 11.1 Å². The maximum Gasteiger partial charge on any atom is 0.410 e. The van der Waals surface area contributed by atoms with Gasteiger partial charge in [-0.2, -0.15) is 0 Å². The SMILES string of the molecule is CC(C)(C)OC(=O)N1CC(C(F)(F)C(O)c2ccc(-c3ccccc3)cc2)C1. The summed E-state index contributed by atoms with van der Waals surface area (Å²) in [6.07, 6.45) is -2.54. The largest absolute Gasteiger partial charge is 0.444 e. The van der Waals surface area contributed by atoms with Gasteiger partial charge in [0.2, 0.25) is 0 Å². The zero-order valence-corrected chi connectivity index (χ0v) is 16.2. The minimum absolute atomic E-state index is 0.138. The highest BCUT2D eigenvalue weighted by molar-refractivity contribution is 5.69. The van der Waals surface area contributed by atoms with Gasteiger partial charge in [0.05, 0.1) is 5.92 Å². The first-order valence-electron chi connectivity index (χ1n) is 9.27. The molecule has 2 aromatic rings. The molecule has 4 nitrogen and oxygen atoms in total. The summed E-state index contributed by atoms with van der Waals surface area (Å²) in [5.74, 6) is -4.45. The average molecular weight is 389 g/mol. The van der Waals surface area contributed by atoms with Crippen molar-refractivity contribution in [3.05, 3.63) is 60.2 Å². The maximum absolute atomic E-state index is 14.7. The first kappa shape index (κ1) is 20.3. The van der Waals surface area contributed by atoms with Gasteiger partial charge in [0, 0.05) is 13.1 Å². The second kappa shape index (κ2) is 7.51. The fraction of sp³-hybridized carbons (Fsp3) is 0.409. The topological polar surface area (TPSA) is 49.8 Å². The van der Waals surface area contributed by atoms with Crippen molar-refractivity contribution in [3.8, 4) is 11.1 Å². The molecule has 1 amide bonds. The Kier molecular flexibility index (Phi) is 5.44. The fourth-order valence-electron chi connectivity index (χ4n) is 3.13. The molecule has 3 rings (SSSR count). The molecular weight excluding hydrogens is 364 g/mol. The molecule has 0 radical (unpaired) electrons. The van der Waals surface area contributed by atoms with E-state index in [1.807, 2.05) is 30.3 Å². The lowest BCUT2D eigenvalue weighted by molar-refractivity contribution is -0.181. The fourth-order valence-corrected chi connectivity index (χ4v) is 3.13. The van der Waals surface area contributed by atoms with E-state index in [0.29, 0.717) is 0 Å². The van der Waals surface area contributed by atoms with E-state index < -0.39 is 29.6 Å². The first-order valence-corrected chi connectivity index (χ1v) is 9.27. The summed E-state index contributed by atoms with van der Waals surface area (Å²) in [6.45, 7) is 4.89. The molecule has 1 aliphatic rings. The molecular formula is C22H25F2NO3. The van der Waals surface area contributed by atoms with Crippen LogP contribution in [0.3, 0.4) is 0 Å². The van der Waals surface area contributed by atoms with Crippen molar-refractivity contribution in [2.24, 2.45) is 5.92 Å². The van der Waals surface area contributed by atoms with Gasteiger partial charge in [-0.1, -0.05) is 54.6 Å². The molecule has 1 heterocycles. The lowest BCUT2D eigenvalue weighted by atomic mass is 9.86. The summed E-state index contributed by atoms with van der Waals surface area (Å²) in [7, 11) is 0. The van der Waals surface area contributed by atoms with Gasteiger partial charge in [-0.25, -0.2) is 13.6 Å². The van der Waals surface area contributed by atoms with E-state index in [0.717, 1.165) is 11.1 Å². The lowest BCUT2D eigenvalue weighted by Gasteiger charge is -2.44. The number of amides is 1. The van der Waals surface area contributed by atoms with Gasteiger partial charge in [-0.3, -0.25) is 0 Å². The van der Waals surface area contributed by atoms with Crippen molar-refractivity contribution < 1.29 is 23.4 Å². The van der Waals surface area contributed by atoms with Gasteiger partial charge in [-0.05, 0) is 37.5 Å². The van der Waals surface area contributed by atoms with Gasteiger partial charge in [0.15, 0.2) is 0 Å². The minimum Gasteiger partial charge on any atom is -0.444 e. The monoisotopic (exact) mass is 389 g/mol. The number of alkyl halides is 2. The Bertz CT molecular complexity index is 810. The predicted octanol–water partition coefficient (Wildman–Crippen LogP) is 4.89. The number of aliphatic hydroxyl groups excluding tert-OH is 1. The second-order valence-electron chi connectivity index (χ2n) is 8.15. The van der Waals surface area contributed by atoms with Crippen LogP contribution in [0, 0.1) is 5.92 Å². The van der Waals surface area contributed by atoms with Crippen molar-refractivity contribution in [3.63, 3.8) is 0 Å². The summed E-state index contributed by atoms with van der Waals surface area (Å²) in [6, 6.07) is 16.0. The Morgan fingerprint density at radius 1 is 1.04 bits per heavy atom. The number of nitrogens with zero attached hydrogens (tertiary/aromatic N) is 1. The van der Waals surface area contributed by atoms with Crippen molar-refractivity contribution >= 4 is 6.09 Å². The maximum atomic E-state index is 14.7. The van der Waals surface area contributed by atoms with Crippen LogP contribution in [0.4, 0.5) is 13.6 Å². The molecule has 0 saturated carbocycles. The van der Waals surface area contributed by atoms with Crippen LogP contribution < -0.4 is 0 Å². The average Bonchev–Trinajstić information content (AvgIpc) is 2.59. The van der Waals surface area contributed by atoms with Crippen LogP contribution in [-0.2, 0) is 4.74 Å². The zero-order chi connectivity index (χ0) is 20.5. The number of rotatable bonds is 4. The molecule has 1 unspecified atom stereocenters. The highest BCUT2D eigenvalue weighted by Crippen LogP contribution is 2.42. The third-order valence-corrected chi connectivity index (χ3v) is 4.78. The third kappa shape index (κ3) is 4.33. The Morgan fingerprint density at radius 2 is 1.57 bits per heavy atom. The number of carbonyl (C=O) groups excluding carboxylic acids is 1. The van der Waals surface area contributed by atoms with Crippen molar-refractivity contribution in [1.29, 1.82) is 0 Å². The standard InChI is InChI=1S/C22H25F2NO3/c1-21(2,3)28-20(27)25-13-18(14-25)22(23,24)19(26)17-11-9-16(10-12-17)15-7-5-4-6-8-15/h4-12,18-19,26H,13-14H2,1-3H3. The van der Waals surface area contributed by atoms with Crippen LogP contribution in [0.15, 0.2) is 54.6 Å². The molecule has 1 atom stereocenters. The number of ether oxygens (including phenoxy) is 1. The van der Waals surface area contributed by atoms with Crippen LogP contribution in [-0.4, -0.2) is 40.7 Å². The van der Waals surface area contributed by atoms with Crippen LogP contribution in [0.2, 0.25) is 0 Å². The van der Waals surface area contributed by atoms with Gasteiger partial charge >= 0.3 is 6.09 Å². The molecule has 0 aromatic heterocycles. The molecule has 1 N–H and O–H groups in total. The molecule has 1 saturated heterocycles. The zero-order valence-electron chi connectivity index (χ0n) is 16.2. The van der Waals surface area contributed by atoms with Crippen LogP contribution in [0.1, 0.15) is 32.4 Å². The molecule has 2 aromatic carbocycles. The van der Waals surface area contributed by atoms with Crippen molar-refractivity contribution in [2.75, 3.05) is 13.1 Å². The summed E-state index contributed by atoms with van der Waals surface area (Å²) in [5, 5.41) is 10.3. The molecule has 1 fully saturated rings. The summed E-state index contributed by atoms with van der Waals surface area (Å²) >= 11 is 0. The van der Waals surface area contributed by atoms with E-state index in [-0.39, 0.29) is 18.7 Å². The van der Waals surface area contributed by atoms with Gasteiger partial charge < -0.3 is 14.7 Å². The predicted molar refractivity (Wildman–Crippen MR) is 103 cm³/mol. The highest BCUT2D eigenvalue weighted by atomic mass is 19.3. The second-order valence-corrected chi connectivity index (χ2v) is 8.15. The van der Waals surface area contributed by atoms with E-state index in [2.05, 4.69) is 0 Å². The Morgan fingerprint density at radius 3 is 2.11 bits per heavy atom. The molecule has 150 valence electrons. The van der Waals surface area contributed by atoms with E-state index in [9.17, 15) is 18.7 Å². The number of halogens is 2. The minimum atomic E-state index is -3.34. The Balaban J connectivity index is 1.64. The number of hydrogen-bond acceptors (Lipinski definition) is 3. The smallest absolute Gasteiger partial charge is 0.410 e. The number of benzene rings is 2. The van der Waals surface area contributed by atoms with Crippen molar-refractivity contribution in [1.82, 2.24) is 4.90 Å². The van der Waals surface area contributed by atoms with Crippen molar-refractivity contribution in [2.45, 2.75) is 38.4 Å². The number of likely N-dealkylation sites (tertiary alicyclic amines) is 1. The highest BCUT2D eigenvalue weighted by Gasteiger charge is 2.53. The molecule has 6 heteroatoms. The third-order valence-electron chi connectivity index (χ3n) is 4.78. The number of aliphatic hydroxyl groups is 1. The van der Waals surface area contributed by atoms with Gasteiger partial charge in [0.25, 0.3) is 5.92 Å². The normalized spacial score (nSPS) is 16.4. The summed E-state index contributed by atoms with van der Waals surface area (Å²) in [5.41, 5.74) is 1.34. The Hall–Kier alpha value is -2.47. The molecule has 0 aliphatic carbocycles. The van der Waals surface area contributed by atoms with E-state index in [4.69, 9.17) is 4.74 Å². The molecule has 1 aliphatic heterocycles. The molecule has 28 heavy (non-hydrogen) atoms. The summed E-state index contributed by atoms with van der Waals surface area (Å²) < 4.78 is 34.6. The van der Waals surface area contributed by atoms with Crippen LogP contribution >= 0.6 is 0 Å². The number of hydrogen-bond donors (Lipinski definition) is 1. The van der Waals surface area contributed by atoms with Crippen LogP contribution in [0.5, 0.6) is 0 Å². The van der Waals surface area contributed by atoms with E-state index >= 15 is 0 Å². The van der Waals surface area contributed by atoms with Gasteiger partial charge in [-0.15, -0.1) is 0 Å². The first-order chi connectivity index (χ1) is 13.1. The summed E-state index contributed by atoms with van der Waals surface area (Å²) in [4.78, 5) is 13.2. The lowest BCUT2D eigenvalue weighted by Crippen LogP contribution is -2.59. The van der Waals surface area contributed by atoms with E-state index in [1.165, 1.54) is 17.0 Å². The van der Waals surface area contributed by atoms with Gasteiger partial charge in [0.1, 0.15) is 11.7 Å². The van der Waals surface area contributed by atoms with E-state index in [1.54, 1.807) is 32.9 Å². The molecule has 0 spiro atoms.